The van der Waals surface area contributed by atoms with Gasteiger partial charge in [-0.1, -0.05) is 6.92 Å². The summed E-state index contributed by atoms with van der Waals surface area (Å²) in [7, 11) is 0. The molecule has 1 aliphatic carbocycles. The van der Waals surface area contributed by atoms with Crippen LogP contribution in [0, 0.1) is 18.3 Å². The molecule has 1 saturated carbocycles. The highest BCUT2D eigenvalue weighted by atomic mass is 32.1. The molecule has 5 rings (SSSR count). The lowest BCUT2D eigenvalue weighted by atomic mass is 9.90. The molecule has 34 heavy (non-hydrogen) atoms. The van der Waals surface area contributed by atoms with Crippen LogP contribution in [0.4, 0.5) is 18.9 Å². The summed E-state index contributed by atoms with van der Waals surface area (Å²) in [6, 6.07) is 6.06. The maximum Gasteiger partial charge on any atom is 0.573 e. The standard InChI is InChI=1S/C24H27F3N4O2S/c1-3-19-20(31-14-15(2)34-22(31)29-19)21(32)28-13-16-12-23(16)8-10-30(11-9-23)17-4-6-18(7-5-17)33-24(25,26)27/h4-7,14,16H,3,8-13H2,1-2H3,(H,28,32). The Hall–Kier alpha value is -2.75. The van der Waals surface area contributed by atoms with Crippen molar-refractivity contribution in [2.24, 2.45) is 11.3 Å². The van der Waals surface area contributed by atoms with Crippen LogP contribution >= 0.6 is 11.3 Å². The molecule has 0 bridgehead atoms. The minimum absolute atomic E-state index is 0.0669. The number of aromatic nitrogens is 2. The van der Waals surface area contributed by atoms with Gasteiger partial charge in [-0.25, -0.2) is 4.98 Å². The summed E-state index contributed by atoms with van der Waals surface area (Å²) in [6.07, 6.45) is 1.12. The number of hydrogen-bond acceptors (Lipinski definition) is 5. The minimum atomic E-state index is -4.68. The molecular formula is C24H27F3N4O2S. The van der Waals surface area contributed by atoms with Gasteiger partial charge in [-0.15, -0.1) is 24.5 Å². The average molecular weight is 493 g/mol. The van der Waals surface area contributed by atoms with E-state index in [-0.39, 0.29) is 17.1 Å². The Bertz CT molecular complexity index is 1190. The maximum atomic E-state index is 13.0. The zero-order valence-electron chi connectivity index (χ0n) is 19.1. The molecule has 1 unspecified atom stereocenters. The van der Waals surface area contributed by atoms with Gasteiger partial charge in [-0.05, 0) is 68.2 Å². The molecule has 2 aliphatic rings. The predicted molar refractivity (Wildman–Crippen MR) is 125 cm³/mol. The van der Waals surface area contributed by atoms with Crippen molar-refractivity contribution in [2.45, 2.75) is 45.9 Å². The lowest BCUT2D eigenvalue weighted by molar-refractivity contribution is -0.274. The van der Waals surface area contributed by atoms with Crippen molar-refractivity contribution in [1.82, 2.24) is 14.7 Å². The Morgan fingerprint density at radius 2 is 1.97 bits per heavy atom. The Morgan fingerprint density at radius 3 is 2.62 bits per heavy atom. The van der Waals surface area contributed by atoms with Gasteiger partial charge in [0.2, 0.25) is 0 Å². The average Bonchev–Trinajstić information content (AvgIpc) is 3.13. The fourth-order valence-electron chi connectivity index (χ4n) is 5.19. The smallest absolute Gasteiger partial charge is 0.406 e. The van der Waals surface area contributed by atoms with E-state index in [0.717, 1.165) is 53.6 Å². The van der Waals surface area contributed by atoms with Crippen LogP contribution in [0.15, 0.2) is 30.5 Å². The molecule has 2 fully saturated rings. The third-order valence-electron chi connectivity index (χ3n) is 7.13. The topological polar surface area (TPSA) is 58.9 Å². The number of hydrogen-bond donors (Lipinski definition) is 1. The van der Waals surface area contributed by atoms with E-state index in [2.05, 4.69) is 19.9 Å². The van der Waals surface area contributed by atoms with Crippen molar-refractivity contribution in [3.63, 3.8) is 0 Å². The summed E-state index contributed by atoms with van der Waals surface area (Å²) >= 11 is 1.59. The molecule has 10 heteroatoms. The maximum absolute atomic E-state index is 13.0. The van der Waals surface area contributed by atoms with Gasteiger partial charge in [-0.3, -0.25) is 9.20 Å². The molecule has 3 aromatic rings. The number of benzene rings is 1. The summed E-state index contributed by atoms with van der Waals surface area (Å²) in [5, 5.41) is 3.15. The van der Waals surface area contributed by atoms with Gasteiger partial charge >= 0.3 is 6.36 Å². The molecule has 1 atom stereocenters. The van der Waals surface area contributed by atoms with Crippen LogP contribution in [0.2, 0.25) is 0 Å². The number of nitrogens with zero attached hydrogens (tertiary/aromatic N) is 3. The second-order valence-corrected chi connectivity index (χ2v) is 10.5. The summed E-state index contributed by atoms with van der Waals surface area (Å²) in [5.41, 5.74) is 2.62. The number of piperidine rings is 1. The number of rotatable bonds is 6. The number of thiazole rings is 1. The number of anilines is 1. The molecular weight excluding hydrogens is 465 g/mol. The van der Waals surface area contributed by atoms with Crippen molar-refractivity contribution in [1.29, 1.82) is 0 Å². The largest absolute Gasteiger partial charge is 0.573 e. The van der Waals surface area contributed by atoms with Crippen LogP contribution in [0.1, 0.15) is 47.2 Å². The monoisotopic (exact) mass is 492 g/mol. The molecule has 3 heterocycles. The molecule has 0 radical (unpaired) electrons. The lowest BCUT2D eigenvalue weighted by Gasteiger charge is -2.34. The van der Waals surface area contributed by atoms with Crippen LogP contribution < -0.4 is 15.0 Å². The number of amides is 1. The van der Waals surface area contributed by atoms with Crippen molar-refractivity contribution >= 4 is 27.9 Å². The molecule has 1 aliphatic heterocycles. The van der Waals surface area contributed by atoms with E-state index in [0.29, 0.717) is 24.6 Å². The fourth-order valence-corrected chi connectivity index (χ4v) is 6.03. The molecule has 1 N–H and O–H groups in total. The van der Waals surface area contributed by atoms with Crippen LogP contribution in [-0.4, -0.2) is 41.3 Å². The van der Waals surface area contributed by atoms with Crippen molar-refractivity contribution in [3.05, 3.63) is 46.7 Å². The second kappa shape index (κ2) is 8.48. The van der Waals surface area contributed by atoms with E-state index in [1.54, 1.807) is 23.5 Å². The van der Waals surface area contributed by atoms with Crippen molar-refractivity contribution in [2.75, 3.05) is 24.5 Å². The number of carbonyl (C=O) groups excluding carboxylic acids is 1. The Kier molecular flexibility index (Phi) is 5.74. The lowest BCUT2D eigenvalue weighted by Crippen LogP contribution is -2.36. The number of alkyl halides is 3. The molecule has 1 amide bonds. The number of nitrogens with one attached hydrogen (secondary N) is 1. The van der Waals surface area contributed by atoms with Crippen molar-refractivity contribution in [3.8, 4) is 5.75 Å². The fraction of sp³-hybridized carbons (Fsp3) is 0.500. The van der Waals surface area contributed by atoms with Crippen LogP contribution in [0.25, 0.3) is 4.96 Å². The molecule has 182 valence electrons. The number of imidazole rings is 1. The highest BCUT2D eigenvalue weighted by Gasteiger charge is 2.54. The number of ether oxygens (including phenoxy) is 1. The van der Waals surface area contributed by atoms with Gasteiger partial charge in [0.15, 0.2) is 4.96 Å². The zero-order valence-corrected chi connectivity index (χ0v) is 19.9. The van der Waals surface area contributed by atoms with E-state index in [1.807, 2.05) is 24.4 Å². The normalized spacial score (nSPS) is 19.6. The molecule has 1 saturated heterocycles. The molecule has 1 spiro atoms. The molecule has 2 aromatic heterocycles. The van der Waals surface area contributed by atoms with Gasteiger partial charge < -0.3 is 15.0 Å². The summed E-state index contributed by atoms with van der Waals surface area (Å²) < 4.78 is 42.9. The van der Waals surface area contributed by atoms with Gasteiger partial charge in [-0.2, -0.15) is 0 Å². The number of fused-ring (bicyclic) bond motifs is 1. The van der Waals surface area contributed by atoms with Gasteiger partial charge in [0, 0.05) is 36.4 Å². The zero-order chi connectivity index (χ0) is 24.1. The van der Waals surface area contributed by atoms with Crippen molar-refractivity contribution < 1.29 is 22.7 Å². The predicted octanol–water partition coefficient (Wildman–Crippen LogP) is 5.20. The number of carbonyl (C=O) groups is 1. The Labute approximate surface area is 199 Å². The molecule has 6 nitrogen and oxygen atoms in total. The van der Waals surface area contributed by atoms with E-state index < -0.39 is 6.36 Å². The second-order valence-electron chi connectivity index (χ2n) is 9.26. The SMILES string of the molecule is CCc1nc2sc(C)cn2c1C(=O)NCC1CC12CCN(c1ccc(OC(F)(F)F)cc1)CC2. The Morgan fingerprint density at radius 1 is 1.26 bits per heavy atom. The van der Waals surface area contributed by atoms with Gasteiger partial charge in [0.05, 0.1) is 5.69 Å². The summed E-state index contributed by atoms with van der Waals surface area (Å²) in [5.74, 6) is 0.184. The quantitative estimate of drug-likeness (QED) is 0.514. The van der Waals surface area contributed by atoms with E-state index in [1.165, 1.54) is 12.1 Å². The first kappa shape index (κ1) is 23.0. The van der Waals surface area contributed by atoms with Gasteiger partial charge in [0.25, 0.3) is 5.91 Å². The first-order valence-corrected chi connectivity index (χ1v) is 12.4. The molecule has 1 aromatic carbocycles. The van der Waals surface area contributed by atoms with Gasteiger partial charge in [0.1, 0.15) is 11.4 Å². The summed E-state index contributed by atoms with van der Waals surface area (Å²) in [4.78, 5) is 21.8. The highest BCUT2D eigenvalue weighted by Crippen LogP contribution is 2.59. The number of halogens is 3. The van der Waals surface area contributed by atoms with E-state index in [4.69, 9.17) is 0 Å². The van der Waals surface area contributed by atoms with Crippen LogP contribution in [0.5, 0.6) is 5.75 Å². The summed E-state index contributed by atoms with van der Waals surface area (Å²) in [6.45, 7) is 6.37. The minimum Gasteiger partial charge on any atom is -0.406 e. The first-order chi connectivity index (χ1) is 16.2. The van der Waals surface area contributed by atoms with Crippen LogP contribution in [0.3, 0.4) is 0 Å². The van der Waals surface area contributed by atoms with E-state index in [9.17, 15) is 18.0 Å². The Balaban J connectivity index is 1.15. The third kappa shape index (κ3) is 4.47. The van der Waals surface area contributed by atoms with E-state index >= 15 is 0 Å². The first-order valence-electron chi connectivity index (χ1n) is 11.5. The third-order valence-corrected chi connectivity index (χ3v) is 8.02. The van der Waals surface area contributed by atoms with Crippen LogP contribution in [-0.2, 0) is 6.42 Å². The number of aryl methyl sites for hydroxylation is 2. The highest BCUT2D eigenvalue weighted by molar-refractivity contribution is 7.17.